The number of primary amides is 1. The van der Waals surface area contributed by atoms with Crippen LogP contribution in [0.2, 0.25) is 0 Å². The van der Waals surface area contributed by atoms with Crippen molar-refractivity contribution in [3.8, 4) is 0 Å². The third kappa shape index (κ3) is 3.02. The number of hydrogen-bond donors (Lipinski definition) is 1. The Kier molecular flexibility index (Phi) is 2.89. The van der Waals surface area contributed by atoms with Crippen LogP contribution in [0.1, 0.15) is 25.7 Å². The first-order chi connectivity index (χ1) is 5.29. The van der Waals surface area contributed by atoms with Crippen LogP contribution in [0.5, 0.6) is 0 Å². The fourth-order valence-electron chi connectivity index (χ4n) is 1.06. The number of nitrogens with zero attached hydrogens (tertiary/aromatic N) is 1. The lowest BCUT2D eigenvalue weighted by molar-refractivity contribution is -0.122. The van der Waals surface area contributed by atoms with E-state index in [2.05, 4.69) is 5.16 Å². The van der Waals surface area contributed by atoms with Crippen LogP contribution in [-0.4, -0.2) is 18.2 Å². The summed E-state index contributed by atoms with van der Waals surface area (Å²) in [5.41, 5.74) is 5.89. The van der Waals surface area contributed by atoms with Crippen molar-refractivity contribution in [1.82, 2.24) is 0 Å². The highest BCUT2D eigenvalue weighted by molar-refractivity contribution is 5.85. The van der Waals surface area contributed by atoms with Gasteiger partial charge >= 0.3 is 0 Å². The van der Waals surface area contributed by atoms with E-state index in [0.717, 1.165) is 18.6 Å². The first-order valence-corrected chi connectivity index (χ1v) is 3.75. The molecule has 0 aromatic heterocycles. The highest BCUT2D eigenvalue weighted by atomic mass is 16.6. The Balaban J connectivity index is 2.18. The fraction of sp³-hybridized carbons (Fsp3) is 0.714. The van der Waals surface area contributed by atoms with Gasteiger partial charge < -0.3 is 10.6 Å². The molecule has 0 aliphatic heterocycles. The predicted octanol–water partition coefficient (Wildman–Crippen LogP) is 0.418. The molecule has 0 bridgehead atoms. The van der Waals surface area contributed by atoms with Gasteiger partial charge in [0.2, 0.25) is 0 Å². The maximum absolute atomic E-state index is 10.2. The van der Waals surface area contributed by atoms with Crippen LogP contribution in [-0.2, 0) is 9.63 Å². The molecule has 1 aliphatic rings. The maximum Gasteiger partial charge on any atom is 0.258 e. The van der Waals surface area contributed by atoms with Gasteiger partial charge in [0.05, 0.1) is 5.71 Å². The summed E-state index contributed by atoms with van der Waals surface area (Å²) in [6.07, 6.45) is 4.36. The number of hydrogen-bond acceptors (Lipinski definition) is 3. The number of rotatable bonds is 3. The monoisotopic (exact) mass is 156 g/mol. The zero-order valence-corrected chi connectivity index (χ0v) is 6.38. The first kappa shape index (κ1) is 8.04. The zero-order chi connectivity index (χ0) is 8.10. The van der Waals surface area contributed by atoms with Gasteiger partial charge in [0, 0.05) is 0 Å². The van der Waals surface area contributed by atoms with E-state index >= 15 is 0 Å². The van der Waals surface area contributed by atoms with Crippen LogP contribution in [0, 0.1) is 0 Å². The van der Waals surface area contributed by atoms with Crippen LogP contribution >= 0.6 is 0 Å². The third-order valence-electron chi connectivity index (χ3n) is 1.58. The highest BCUT2D eigenvalue weighted by Gasteiger charge is 2.08. The normalized spacial score (nSPS) is 16.5. The van der Waals surface area contributed by atoms with Crippen molar-refractivity contribution in [2.45, 2.75) is 25.7 Å². The second-order valence-electron chi connectivity index (χ2n) is 2.60. The van der Waals surface area contributed by atoms with E-state index in [1.54, 1.807) is 0 Å². The molecule has 0 atom stereocenters. The third-order valence-corrected chi connectivity index (χ3v) is 1.58. The van der Waals surface area contributed by atoms with Crippen molar-refractivity contribution in [3.05, 3.63) is 0 Å². The van der Waals surface area contributed by atoms with Crippen LogP contribution < -0.4 is 5.73 Å². The Labute approximate surface area is 65.4 Å². The van der Waals surface area contributed by atoms with Gasteiger partial charge in [-0.05, 0) is 25.7 Å². The van der Waals surface area contributed by atoms with E-state index in [9.17, 15) is 4.79 Å². The topological polar surface area (TPSA) is 64.7 Å². The molecule has 1 fully saturated rings. The minimum Gasteiger partial charge on any atom is -0.386 e. The van der Waals surface area contributed by atoms with Crippen LogP contribution in [0.4, 0.5) is 0 Å². The molecule has 62 valence electrons. The van der Waals surface area contributed by atoms with Crippen LogP contribution in [0.3, 0.4) is 0 Å². The van der Waals surface area contributed by atoms with Gasteiger partial charge in [0.15, 0.2) is 6.61 Å². The molecular formula is C7H12N2O2. The molecule has 1 saturated carbocycles. The number of oxime groups is 1. The Morgan fingerprint density at radius 2 is 2.18 bits per heavy atom. The molecule has 0 spiro atoms. The minimum absolute atomic E-state index is 0.108. The molecule has 1 amide bonds. The fourth-order valence-corrected chi connectivity index (χ4v) is 1.06. The lowest BCUT2D eigenvalue weighted by Gasteiger charge is -1.95. The molecule has 4 heteroatoms. The summed E-state index contributed by atoms with van der Waals surface area (Å²) in [4.78, 5) is 14.9. The van der Waals surface area contributed by atoms with Crippen LogP contribution in [0.25, 0.3) is 0 Å². The molecule has 1 rings (SSSR count). The van der Waals surface area contributed by atoms with E-state index in [4.69, 9.17) is 10.6 Å². The lowest BCUT2D eigenvalue weighted by Crippen LogP contribution is -2.16. The predicted molar refractivity (Wildman–Crippen MR) is 41.0 cm³/mol. The number of amides is 1. The van der Waals surface area contributed by atoms with E-state index in [1.807, 2.05) is 0 Å². The number of carbonyl (C=O) groups excluding carboxylic acids is 1. The minimum atomic E-state index is -0.479. The maximum atomic E-state index is 10.2. The number of nitrogens with two attached hydrogens (primary N) is 1. The molecule has 0 saturated heterocycles. The van der Waals surface area contributed by atoms with Gasteiger partial charge in [0.1, 0.15) is 0 Å². The van der Waals surface area contributed by atoms with Crippen molar-refractivity contribution in [3.63, 3.8) is 0 Å². The van der Waals surface area contributed by atoms with Gasteiger partial charge in [-0.25, -0.2) is 0 Å². The summed E-state index contributed by atoms with van der Waals surface area (Å²) in [7, 11) is 0. The number of carbonyl (C=O) groups is 1. The quantitative estimate of drug-likeness (QED) is 0.602. The van der Waals surface area contributed by atoms with Crippen molar-refractivity contribution < 1.29 is 9.63 Å². The summed E-state index contributed by atoms with van der Waals surface area (Å²) in [6, 6.07) is 0. The Hall–Kier alpha value is -1.06. The van der Waals surface area contributed by atoms with Crippen molar-refractivity contribution in [1.29, 1.82) is 0 Å². The van der Waals surface area contributed by atoms with Gasteiger partial charge in [-0.1, -0.05) is 5.16 Å². The molecule has 0 aromatic rings. The summed E-state index contributed by atoms with van der Waals surface area (Å²) in [6.45, 7) is -0.108. The van der Waals surface area contributed by atoms with E-state index < -0.39 is 5.91 Å². The summed E-state index contributed by atoms with van der Waals surface area (Å²) in [5.74, 6) is -0.479. The standard InChI is InChI=1S/C7H12N2O2/c8-7(10)5-11-9-6-3-1-2-4-6/h1-5H2,(H2,8,10). The van der Waals surface area contributed by atoms with E-state index in [1.165, 1.54) is 12.8 Å². The van der Waals surface area contributed by atoms with Gasteiger partial charge in [-0.2, -0.15) is 0 Å². The zero-order valence-electron chi connectivity index (χ0n) is 6.38. The molecule has 2 N–H and O–H groups in total. The Morgan fingerprint density at radius 1 is 1.55 bits per heavy atom. The van der Waals surface area contributed by atoms with Crippen molar-refractivity contribution >= 4 is 11.6 Å². The van der Waals surface area contributed by atoms with Crippen molar-refractivity contribution in [2.24, 2.45) is 10.9 Å². The molecule has 0 aromatic carbocycles. The summed E-state index contributed by atoms with van der Waals surface area (Å²) in [5, 5.41) is 3.78. The lowest BCUT2D eigenvalue weighted by atomic mass is 10.3. The van der Waals surface area contributed by atoms with Gasteiger partial charge in [-0.3, -0.25) is 4.79 Å². The highest BCUT2D eigenvalue weighted by Crippen LogP contribution is 2.14. The van der Waals surface area contributed by atoms with Crippen molar-refractivity contribution in [2.75, 3.05) is 6.61 Å². The summed E-state index contributed by atoms with van der Waals surface area (Å²) < 4.78 is 0. The smallest absolute Gasteiger partial charge is 0.258 e. The first-order valence-electron chi connectivity index (χ1n) is 3.75. The molecule has 0 unspecified atom stereocenters. The van der Waals surface area contributed by atoms with Crippen LogP contribution in [0.15, 0.2) is 5.16 Å². The summed E-state index contributed by atoms with van der Waals surface area (Å²) >= 11 is 0. The molecule has 11 heavy (non-hydrogen) atoms. The molecule has 0 heterocycles. The molecule has 1 aliphatic carbocycles. The largest absolute Gasteiger partial charge is 0.386 e. The van der Waals surface area contributed by atoms with E-state index in [-0.39, 0.29) is 6.61 Å². The van der Waals surface area contributed by atoms with Gasteiger partial charge in [-0.15, -0.1) is 0 Å². The Bertz CT molecular complexity index is 169. The molecule has 4 nitrogen and oxygen atoms in total. The second-order valence-corrected chi connectivity index (χ2v) is 2.60. The average Bonchev–Trinajstić information content (AvgIpc) is 2.39. The second kappa shape index (κ2) is 3.95. The van der Waals surface area contributed by atoms with E-state index in [0.29, 0.717) is 0 Å². The van der Waals surface area contributed by atoms with Gasteiger partial charge in [0.25, 0.3) is 5.91 Å². The SMILES string of the molecule is NC(=O)CON=C1CCCC1. The Morgan fingerprint density at radius 3 is 2.73 bits per heavy atom. The molecular weight excluding hydrogens is 144 g/mol. The average molecular weight is 156 g/mol. The molecule has 0 radical (unpaired) electrons.